The van der Waals surface area contributed by atoms with Crippen LogP contribution >= 0.6 is 0 Å². The minimum Gasteiger partial charge on any atom is -0.325 e. The lowest BCUT2D eigenvalue weighted by molar-refractivity contribution is -0.125. The molecule has 2 saturated heterocycles. The summed E-state index contributed by atoms with van der Waals surface area (Å²) in [6, 6.07) is 0.0394. The maximum atomic E-state index is 11.2. The number of fused-ring (bicyclic) bond motifs is 1. The summed E-state index contributed by atoms with van der Waals surface area (Å²) >= 11 is 0. The second-order valence-corrected chi connectivity index (χ2v) is 3.12. The Bertz CT molecular complexity index is 226. The van der Waals surface area contributed by atoms with Crippen LogP contribution in [0, 0.1) is 0 Å². The number of hydrogen-bond acceptors (Lipinski definition) is 2. The molecular formula is C7H10N2O2. The molecule has 0 aromatic rings. The Morgan fingerprint density at radius 1 is 1.45 bits per heavy atom. The summed E-state index contributed by atoms with van der Waals surface area (Å²) in [5.41, 5.74) is 0. The number of carbonyl (C=O) groups is 2. The third-order valence-corrected chi connectivity index (χ3v) is 2.34. The largest absolute Gasteiger partial charge is 0.326 e. The highest BCUT2D eigenvalue weighted by Crippen LogP contribution is 2.25. The molecule has 0 radical (unpaired) electrons. The highest BCUT2D eigenvalue weighted by molar-refractivity contribution is 5.98. The van der Waals surface area contributed by atoms with E-state index in [0.717, 1.165) is 6.42 Å². The van der Waals surface area contributed by atoms with E-state index in [1.165, 1.54) is 4.90 Å². The van der Waals surface area contributed by atoms with Crippen molar-refractivity contribution in [2.45, 2.75) is 18.9 Å². The van der Waals surface area contributed by atoms with Gasteiger partial charge in [-0.05, 0) is 6.42 Å². The lowest BCUT2D eigenvalue weighted by Crippen LogP contribution is -2.33. The molecule has 1 unspecified atom stereocenters. The van der Waals surface area contributed by atoms with Crippen LogP contribution in [0.25, 0.3) is 0 Å². The van der Waals surface area contributed by atoms with Gasteiger partial charge in [0.2, 0.25) is 5.91 Å². The van der Waals surface area contributed by atoms with E-state index < -0.39 is 0 Å². The fourth-order valence-electron chi connectivity index (χ4n) is 1.76. The van der Waals surface area contributed by atoms with Gasteiger partial charge < -0.3 is 4.90 Å². The topological polar surface area (TPSA) is 40.6 Å². The van der Waals surface area contributed by atoms with Gasteiger partial charge in [-0.3, -0.25) is 9.69 Å². The van der Waals surface area contributed by atoms with Crippen LogP contribution in [-0.4, -0.2) is 41.4 Å². The number of carbonyl (C=O) groups excluding carboxylic acids is 2. The molecule has 4 heteroatoms. The van der Waals surface area contributed by atoms with Crippen molar-refractivity contribution >= 4 is 11.9 Å². The summed E-state index contributed by atoms with van der Waals surface area (Å²) in [4.78, 5) is 25.3. The average Bonchev–Trinajstić information content (AvgIpc) is 2.41. The molecule has 0 spiro atoms. The van der Waals surface area contributed by atoms with Crippen LogP contribution < -0.4 is 0 Å². The standard InChI is InChI=1S/C7H10N2O2/c1-8-4-5-2-3-6(10)9(5)7(8)11/h5H,2-4H2,1H3. The first-order chi connectivity index (χ1) is 5.20. The molecule has 0 aromatic carbocycles. The highest BCUT2D eigenvalue weighted by Gasteiger charge is 2.43. The number of hydrogen-bond donors (Lipinski definition) is 0. The van der Waals surface area contributed by atoms with Gasteiger partial charge in [-0.25, -0.2) is 4.79 Å². The fraction of sp³-hybridized carbons (Fsp3) is 0.714. The average molecular weight is 154 g/mol. The molecule has 4 nitrogen and oxygen atoms in total. The Kier molecular flexibility index (Phi) is 1.19. The van der Waals surface area contributed by atoms with E-state index >= 15 is 0 Å². The second-order valence-electron chi connectivity index (χ2n) is 3.12. The lowest BCUT2D eigenvalue weighted by Gasteiger charge is -2.10. The van der Waals surface area contributed by atoms with E-state index in [9.17, 15) is 9.59 Å². The van der Waals surface area contributed by atoms with Gasteiger partial charge in [0, 0.05) is 20.0 Å². The van der Waals surface area contributed by atoms with E-state index in [0.29, 0.717) is 13.0 Å². The summed E-state index contributed by atoms with van der Waals surface area (Å²) in [6.07, 6.45) is 1.39. The van der Waals surface area contributed by atoms with Crippen LogP contribution in [0.3, 0.4) is 0 Å². The molecule has 2 heterocycles. The molecule has 2 fully saturated rings. The predicted octanol–water partition coefficient (Wildman–Crippen LogP) is 0.0428. The van der Waals surface area contributed by atoms with Gasteiger partial charge in [0.05, 0.1) is 6.04 Å². The molecule has 3 amide bonds. The van der Waals surface area contributed by atoms with Gasteiger partial charge in [0.1, 0.15) is 0 Å². The third-order valence-electron chi connectivity index (χ3n) is 2.34. The SMILES string of the molecule is CN1CC2CCC(=O)N2C1=O. The number of likely N-dealkylation sites (N-methyl/N-ethyl adjacent to an activating group) is 1. The first-order valence-electron chi connectivity index (χ1n) is 3.77. The Labute approximate surface area is 64.8 Å². The zero-order valence-electron chi connectivity index (χ0n) is 6.41. The van der Waals surface area contributed by atoms with Gasteiger partial charge in [0.25, 0.3) is 0 Å². The molecule has 1 atom stereocenters. The van der Waals surface area contributed by atoms with Crippen molar-refractivity contribution in [2.24, 2.45) is 0 Å². The number of rotatable bonds is 0. The van der Waals surface area contributed by atoms with Crippen molar-refractivity contribution in [3.05, 3.63) is 0 Å². The molecule has 2 aliphatic rings. The molecule has 0 aliphatic carbocycles. The number of amides is 3. The van der Waals surface area contributed by atoms with Gasteiger partial charge in [-0.1, -0.05) is 0 Å². The van der Waals surface area contributed by atoms with Crippen LogP contribution in [0.4, 0.5) is 4.79 Å². The van der Waals surface area contributed by atoms with Crippen molar-refractivity contribution < 1.29 is 9.59 Å². The van der Waals surface area contributed by atoms with Crippen molar-refractivity contribution in [3.63, 3.8) is 0 Å². The van der Waals surface area contributed by atoms with Crippen LogP contribution in [0.1, 0.15) is 12.8 Å². The molecule has 60 valence electrons. The van der Waals surface area contributed by atoms with Crippen molar-refractivity contribution in [3.8, 4) is 0 Å². The highest BCUT2D eigenvalue weighted by atomic mass is 16.2. The first-order valence-corrected chi connectivity index (χ1v) is 3.77. The fourth-order valence-corrected chi connectivity index (χ4v) is 1.76. The van der Waals surface area contributed by atoms with Gasteiger partial charge in [0.15, 0.2) is 0 Å². The van der Waals surface area contributed by atoms with Crippen LogP contribution in [0.5, 0.6) is 0 Å². The van der Waals surface area contributed by atoms with Crippen molar-refractivity contribution in [1.29, 1.82) is 0 Å². The zero-order chi connectivity index (χ0) is 8.01. The van der Waals surface area contributed by atoms with Gasteiger partial charge in [-0.2, -0.15) is 0 Å². The van der Waals surface area contributed by atoms with Crippen molar-refractivity contribution in [1.82, 2.24) is 9.80 Å². The number of nitrogens with zero attached hydrogens (tertiary/aromatic N) is 2. The van der Waals surface area contributed by atoms with Crippen LogP contribution in [0.2, 0.25) is 0 Å². The van der Waals surface area contributed by atoms with E-state index in [1.807, 2.05) is 0 Å². The maximum absolute atomic E-state index is 11.2. The number of urea groups is 1. The number of imide groups is 1. The smallest absolute Gasteiger partial charge is 0.325 e. The molecule has 0 N–H and O–H groups in total. The molecule has 2 rings (SSSR count). The van der Waals surface area contributed by atoms with Gasteiger partial charge in [-0.15, -0.1) is 0 Å². The third kappa shape index (κ3) is 0.751. The van der Waals surface area contributed by atoms with E-state index in [-0.39, 0.29) is 18.0 Å². The molecular weight excluding hydrogens is 144 g/mol. The molecule has 0 saturated carbocycles. The Balaban J connectivity index is 2.26. The Hall–Kier alpha value is -1.06. The monoisotopic (exact) mass is 154 g/mol. The lowest BCUT2D eigenvalue weighted by atomic mass is 10.2. The second kappa shape index (κ2) is 1.96. The zero-order valence-corrected chi connectivity index (χ0v) is 6.41. The van der Waals surface area contributed by atoms with E-state index in [1.54, 1.807) is 11.9 Å². The van der Waals surface area contributed by atoms with Crippen LogP contribution in [-0.2, 0) is 4.79 Å². The molecule has 11 heavy (non-hydrogen) atoms. The summed E-state index contributed by atoms with van der Waals surface area (Å²) in [7, 11) is 1.73. The summed E-state index contributed by atoms with van der Waals surface area (Å²) in [5.74, 6) is -0.00986. The molecule has 0 bridgehead atoms. The minimum atomic E-state index is -0.127. The predicted molar refractivity (Wildman–Crippen MR) is 37.9 cm³/mol. The molecule has 0 aromatic heterocycles. The summed E-state index contributed by atoms with van der Waals surface area (Å²) in [5, 5.41) is 0. The van der Waals surface area contributed by atoms with Crippen molar-refractivity contribution in [2.75, 3.05) is 13.6 Å². The first kappa shape index (κ1) is 6.64. The summed E-state index contributed by atoms with van der Waals surface area (Å²) in [6.45, 7) is 0.713. The summed E-state index contributed by atoms with van der Waals surface area (Å²) < 4.78 is 0. The van der Waals surface area contributed by atoms with E-state index in [4.69, 9.17) is 0 Å². The maximum Gasteiger partial charge on any atom is 0.326 e. The van der Waals surface area contributed by atoms with Gasteiger partial charge >= 0.3 is 6.03 Å². The molecule has 2 aliphatic heterocycles. The minimum absolute atomic E-state index is 0.00986. The van der Waals surface area contributed by atoms with E-state index in [2.05, 4.69) is 0 Å². The Morgan fingerprint density at radius 2 is 2.18 bits per heavy atom. The normalized spacial score (nSPS) is 30.1. The van der Waals surface area contributed by atoms with Crippen LogP contribution in [0.15, 0.2) is 0 Å². The Morgan fingerprint density at radius 3 is 2.82 bits per heavy atom. The quantitative estimate of drug-likeness (QED) is 0.494.